The van der Waals surface area contributed by atoms with Crippen LogP contribution in [-0.2, 0) is 9.47 Å². The second-order valence-corrected chi connectivity index (χ2v) is 7.22. The number of hydrogen-bond donors (Lipinski definition) is 0. The van der Waals surface area contributed by atoms with Crippen LogP contribution in [-0.4, -0.2) is 24.9 Å². The quantitative estimate of drug-likeness (QED) is 0.719. The maximum absolute atomic E-state index is 6.35. The van der Waals surface area contributed by atoms with E-state index in [1.807, 2.05) is 0 Å². The van der Waals surface area contributed by atoms with Crippen molar-refractivity contribution < 1.29 is 9.47 Å². The average Bonchev–Trinajstić information content (AvgIpc) is 2.98. The number of hydrogen-bond acceptors (Lipinski definition) is 2. The third kappa shape index (κ3) is 2.90. The van der Waals surface area contributed by atoms with Crippen LogP contribution in [0.15, 0.2) is 12.2 Å². The predicted octanol–water partition coefficient (Wildman–Crippen LogP) is 3.81. The summed E-state index contributed by atoms with van der Waals surface area (Å²) < 4.78 is 12.2. The summed E-state index contributed by atoms with van der Waals surface area (Å²) in [5, 5.41) is 0. The molecule has 2 nitrogen and oxygen atoms in total. The summed E-state index contributed by atoms with van der Waals surface area (Å²) in [5.41, 5.74) is 0. The second-order valence-electron chi connectivity index (χ2n) is 7.22. The predicted molar refractivity (Wildman–Crippen MR) is 77.0 cm³/mol. The lowest BCUT2D eigenvalue weighted by Crippen LogP contribution is -2.36. The van der Waals surface area contributed by atoms with Gasteiger partial charge in [-0.15, -0.1) is 0 Å². The van der Waals surface area contributed by atoms with Crippen molar-refractivity contribution in [2.24, 2.45) is 23.7 Å². The highest BCUT2D eigenvalue weighted by atomic mass is 16.5. The van der Waals surface area contributed by atoms with Crippen LogP contribution < -0.4 is 0 Å². The van der Waals surface area contributed by atoms with E-state index in [1.165, 1.54) is 19.3 Å². The fourth-order valence-electron chi connectivity index (χ4n) is 4.08. The number of fused-ring (bicyclic) bond motifs is 2. The lowest BCUT2D eigenvalue weighted by atomic mass is 9.75. The lowest BCUT2D eigenvalue weighted by Gasteiger charge is -2.37. The van der Waals surface area contributed by atoms with Gasteiger partial charge in [0.25, 0.3) is 0 Å². The molecule has 108 valence electrons. The largest absolute Gasteiger partial charge is 0.378 e. The van der Waals surface area contributed by atoms with Gasteiger partial charge in [0.1, 0.15) is 0 Å². The summed E-state index contributed by atoms with van der Waals surface area (Å²) >= 11 is 0. The molecule has 2 aliphatic heterocycles. The zero-order chi connectivity index (χ0) is 13.4. The monoisotopic (exact) mass is 264 g/mol. The number of ether oxygens (including phenoxy) is 2. The molecule has 0 N–H and O–H groups in total. The Morgan fingerprint density at radius 2 is 2.05 bits per heavy atom. The molecule has 0 radical (unpaired) electrons. The highest BCUT2D eigenvalue weighted by Crippen LogP contribution is 2.38. The van der Waals surface area contributed by atoms with E-state index >= 15 is 0 Å². The van der Waals surface area contributed by atoms with Crippen LogP contribution in [0, 0.1) is 23.7 Å². The van der Waals surface area contributed by atoms with Crippen molar-refractivity contribution in [1.29, 1.82) is 0 Å². The van der Waals surface area contributed by atoms with E-state index in [9.17, 15) is 0 Å². The normalized spacial score (nSPS) is 45.3. The molecular weight excluding hydrogens is 236 g/mol. The van der Waals surface area contributed by atoms with Gasteiger partial charge in [0, 0.05) is 5.92 Å². The molecule has 0 amide bonds. The highest BCUT2D eigenvalue weighted by Gasteiger charge is 2.38. The summed E-state index contributed by atoms with van der Waals surface area (Å²) in [5.74, 6) is 2.93. The van der Waals surface area contributed by atoms with Crippen molar-refractivity contribution in [3.05, 3.63) is 12.2 Å². The minimum absolute atomic E-state index is 0.337. The van der Waals surface area contributed by atoms with E-state index in [2.05, 4.69) is 32.9 Å². The van der Waals surface area contributed by atoms with Gasteiger partial charge in [0.05, 0.1) is 24.9 Å². The van der Waals surface area contributed by atoms with Gasteiger partial charge in [-0.25, -0.2) is 0 Å². The SMILES string of the molecule is CC1CCC(C(C)C)C(OCC2CC3C=CC2O3)C1. The first-order valence-corrected chi connectivity index (χ1v) is 8.09. The first kappa shape index (κ1) is 13.6. The summed E-state index contributed by atoms with van der Waals surface area (Å²) in [6.45, 7) is 7.96. The second kappa shape index (κ2) is 5.57. The average molecular weight is 264 g/mol. The van der Waals surface area contributed by atoms with Crippen molar-refractivity contribution in [1.82, 2.24) is 0 Å². The third-order valence-electron chi connectivity index (χ3n) is 5.33. The summed E-state index contributed by atoms with van der Waals surface area (Å²) in [4.78, 5) is 0. The molecule has 2 bridgehead atoms. The fourth-order valence-corrected chi connectivity index (χ4v) is 4.08. The standard InChI is InChI=1S/C17H28O2/c1-11(2)15-6-4-12(3)8-17(15)18-10-13-9-14-5-7-16(13)19-14/h5,7,11-17H,4,6,8-10H2,1-3H3. The van der Waals surface area contributed by atoms with E-state index in [1.54, 1.807) is 0 Å². The zero-order valence-corrected chi connectivity index (χ0v) is 12.5. The Kier molecular flexibility index (Phi) is 4.00. The summed E-state index contributed by atoms with van der Waals surface area (Å²) in [6.07, 6.45) is 10.8. The molecule has 6 unspecified atom stereocenters. The maximum atomic E-state index is 6.35. The van der Waals surface area contributed by atoms with Gasteiger partial charge in [-0.1, -0.05) is 39.3 Å². The Balaban J connectivity index is 1.53. The fraction of sp³-hybridized carbons (Fsp3) is 0.882. The maximum Gasteiger partial charge on any atom is 0.0816 e. The van der Waals surface area contributed by atoms with E-state index in [0.29, 0.717) is 24.2 Å². The molecule has 0 aromatic carbocycles. The lowest BCUT2D eigenvalue weighted by molar-refractivity contribution is -0.0558. The molecule has 0 spiro atoms. The molecule has 2 fully saturated rings. The van der Waals surface area contributed by atoms with Crippen LogP contribution >= 0.6 is 0 Å². The van der Waals surface area contributed by atoms with Gasteiger partial charge in [0.15, 0.2) is 0 Å². The highest BCUT2D eigenvalue weighted by molar-refractivity contribution is 5.10. The number of rotatable bonds is 4. The Bertz CT molecular complexity index is 336. The first-order valence-electron chi connectivity index (χ1n) is 8.09. The van der Waals surface area contributed by atoms with Gasteiger partial charge in [-0.2, -0.15) is 0 Å². The summed E-state index contributed by atoms with van der Waals surface area (Å²) in [7, 11) is 0. The minimum Gasteiger partial charge on any atom is -0.378 e. The van der Waals surface area contributed by atoms with Crippen LogP contribution in [0.1, 0.15) is 46.5 Å². The molecule has 2 heterocycles. The van der Waals surface area contributed by atoms with Crippen molar-refractivity contribution >= 4 is 0 Å². The Hall–Kier alpha value is -0.340. The summed E-state index contributed by atoms with van der Waals surface area (Å²) in [6, 6.07) is 0. The van der Waals surface area contributed by atoms with E-state index < -0.39 is 0 Å². The zero-order valence-electron chi connectivity index (χ0n) is 12.5. The van der Waals surface area contributed by atoms with Crippen LogP contribution in [0.3, 0.4) is 0 Å². The van der Waals surface area contributed by atoms with Crippen LogP contribution in [0.4, 0.5) is 0 Å². The Labute approximate surface area is 117 Å². The van der Waals surface area contributed by atoms with E-state index in [4.69, 9.17) is 9.47 Å². The Morgan fingerprint density at radius 1 is 1.21 bits per heavy atom. The van der Waals surface area contributed by atoms with Crippen LogP contribution in [0.5, 0.6) is 0 Å². The van der Waals surface area contributed by atoms with Gasteiger partial charge in [-0.05, 0) is 37.0 Å². The van der Waals surface area contributed by atoms with Gasteiger partial charge in [0.2, 0.25) is 0 Å². The Morgan fingerprint density at radius 3 is 2.68 bits per heavy atom. The van der Waals surface area contributed by atoms with Crippen LogP contribution in [0.2, 0.25) is 0 Å². The van der Waals surface area contributed by atoms with E-state index in [0.717, 1.165) is 30.8 Å². The topological polar surface area (TPSA) is 18.5 Å². The molecule has 3 aliphatic rings. The molecule has 0 aromatic rings. The van der Waals surface area contributed by atoms with Crippen molar-refractivity contribution in [2.75, 3.05) is 6.61 Å². The smallest absolute Gasteiger partial charge is 0.0816 e. The minimum atomic E-state index is 0.337. The molecule has 1 saturated carbocycles. The molecule has 3 rings (SSSR count). The van der Waals surface area contributed by atoms with Gasteiger partial charge < -0.3 is 9.47 Å². The molecule has 2 heteroatoms. The molecule has 19 heavy (non-hydrogen) atoms. The molecule has 1 saturated heterocycles. The van der Waals surface area contributed by atoms with Crippen molar-refractivity contribution in [2.45, 2.75) is 64.8 Å². The van der Waals surface area contributed by atoms with Gasteiger partial charge >= 0.3 is 0 Å². The van der Waals surface area contributed by atoms with Crippen molar-refractivity contribution in [3.63, 3.8) is 0 Å². The molecule has 6 atom stereocenters. The van der Waals surface area contributed by atoms with Crippen LogP contribution in [0.25, 0.3) is 0 Å². The molecule has 0 aromatic heterocycles. The van der Waals surface area contributed by atoms with Gasteiger partial charge in [-0.3, -0.25) is 0 Å². The molecular formula is C17H28O2. The third-order valence-corrected chi connectivity index (χ3v) is 5.33. The first-order chi connectivity index (χ1) is 9.13. The van der Waals surface area contributed by atoms with E-state index in [-0.39, 0.29) is 0 Å². The van der Waals surface area contributed by atoms with Crippen molar-refractivity contribution in [3.8, 4) is 0 Å². The molecule has 1 aliphatic carbocycles.